The first-order valence-corrected chi connectivity index (χ1v) is 12.2. The van der Waals surface area contributed by atoms with Gasteiger partial charge in [-0.3, -0.25) is 19.8 Å². The number of H-pyrrole nitrogens is 2. The predicted octanol–water partition coefficient (Wildman–Crippen LogP) is 3.70. The molecule has 3 N–H and O–H groups in total. The summed E-state index contributed by atoms with van der Waals surface area (Å²) >= 11 is 0. The van der Waals surface area contributed by atoms with Gasteiger partial charge in [-0.15, -0.1) is 0 Å². The third-order valence-electron chi connectivity index (χ3n) is 7.53. The predicted molar refractivity (Wildman–Crippen MR) is 133 cm³/mol. The molecule has 2 fully saturated rings. The van der Waals surface area contributed by atoms with Crippen LogP contribution in [0.25, 0.3) is 22.0 Å². The number of carbonyl (C=O) groups is 2. The van der Waals surface area contributed by atoms with Crippen molar-refractivity contribution in [3.8, 4) is 11.1 Å². The number of amides is 2. The second-order valence-electron chi connectivity index (χ2n) is 9.96. The van der Waals surface area contributed by atoms with Crippen LogP contribution in [-0.4, -0.2) is 56.2 Å². The van der Waals surface area contributed by atoms with E-state index in [1.807, 2.05) is 47.4 Å². The van der Waals surface area contributed by atoms with Crippen molar-refractivity contribution < 1.29 is 9.59 Å². The summed E-state index contributed by atoms with van der Waals surface area (Å²) in [4.78, 5) is 27.4. The lowest BCUT2D eigenvalue weighted by atomic mass is 9.67. The summed E-state index contributed by atoms with van der Waals surface area (Å²) in [6.45, 7) is 1.52. The summed E-state index contributed by atoms with van der Waals surface area (Å²) in [6.07, 6.45) is 5.93. The minimum atomic E-state index is -0.00989. The number of nitrogens with one attached hydrogen (secondary N) is 3. The minimum Gasteiger partial charge on any atom is -0.353 e. The number of hydrogen-bond acceptors (Lipinski definition) is 4. The number of rotatable bonds is 5. The van der Waals surface area contributed by atoms with E-state index >= 15 is 0 Å². The third kappa shape index (κ3) is 4.20. The molecule has 8 nitrogen and oxygen atoms in total. The van der Waals surface area contributed by atoms with Gasteiger partial charge in [-0.25, -0.2) is 0 Å². The average Bonchev–Trinajstić information content (AvgIpc) is 3.53. The SMILES string of the molecule is O=C(Cc1ccn[nH]1)NC1CCC2(CC1)CN(C(=O)c1n[nH]c3cc(-c4ccccc4)ccc13)C2. The van der Waals surface area contributed by atoms with Gasteiger partial charge in [0, 0.05) is 41.8 Å². The molecule has 2 aromatic heterocycles. The maximum atomic E-state index is 13.2. The van der Waals surface area contributed by atoms with Gasteiger partial charge in [0.05, 0.1) is 11.9 Å². The molecule has 2 aliphatic rings. The van der Waals surface area contributed by atoms with Crippen LogP contribution in [0.1, 0.15) is 41.9 Å². The lowest BCUT2D eigenvalue weighted by molar-refractivity contribution is -0.121. The first-order chi connectivity index (χ1) is 17.1. The molecular weight excluding hydrogens is 440 g/mol. The van der Waals surface area contributed by atoms with Crippen LogP contribution in [0.3, 0.4) is 0 Å². The molecule has 178 valence electrons. The fourth-order valence-corrected chi connectivity index (χ4v) is 5.58. The Morgan fingerprint density at radius 1 is 1.00 bits per heavy atom. The average molecular weight is 469 g/mol. The van der Waals surface area contributed by atoms with E-state index in [0.717, 1.165) is 66.5 Å². The summed E-state index contributed by atoms with van der Waals surface area (Å²) in [5.41, 5.74) is 4.59. The molecule has 1 saturated carbocycles. The highest BCUT2D eigenvalue weighted by atomic mass is 16.2. The van der Waals surface area contributed by atoms with Gasteiger partial charge in [0.1, 0.15) is 0 Å². The van der Waals surface area contributed by atoms with Gasteiger partial charge in [0.15, 0.2) is 5.69 Å². The van der Waals surface area contributed by atoms with Gasteiger partial charge in [-0.05, 0) is 55.0 Å². The van der Waals surface area contributed by atoms with Crippen molar-refractivity contribution in [2.75, 3.05) is 13.1 Å². The maximum absolute atomic E-state index is 13.2. The van der Waals surface area contributed by atoms with E-state index in [1.54, 1.807) is 6.20 Å². The molecule has 1 spiro atoms. The number of aromatic nitrogens is 4. The molecule has 2 aromatic carbocycles. The smallest absolute Gasteiger partial charge is 0.275 e. The van der Waals surface area contributed by atoms with Crippen molar-refractivity contribution in [2.45, 2.75) is 38.1 Å². The summed E-state index contributed by atoms with van der Waals surface area (Å²) in [6, 6.07) is 18.3. The lowest BCUT2D eigenvalue weighted by Crippen LogP contribution is -2.60. The Morgan fingerprint density at radius 2 is 1.80 bits per heavy atom. The van der Waals surface area contributed by atoms with Crippen LogP contribution < -0.4 is 5.32 Å². The molecule has 8 heteroatoms. The zero-order chi connectivity index (χ0) is 23.8. The zero-order valence-corrected chi connectivity index (χ0v) is 19.5. The summed E-state index contributed by atoms with van der Waals surface area (Å²) in [5, 5.41) is 18.2. The standard InChI is InChI=1S/C27H28N6O2/c34-24(15-21-10-13-28-30-21)29-20-8-11-27(12-9-20)16-33(17-27)26(35)25-22-7-6-19(14-23(22)31-32-25)18-4-2-1-3-5-18/h1-7,10,13-14,20H,8-9,11-12,15-17H2,(H,28,30)(H,29,34)(H,31,32). The molecule has 4 aromatic rings. The van der Waals surface area contributed by atoms with E-state index in [0.29, 0.717) is 12.1 Å². The fourth-order valence-electron chi connectivity index (χ4n) is 5.58. The Bertz CT molecular complexity index is 1350. The number of hydrogen-bond donors (Lipinski definition) is 3. The first-order valence-electron chi connectivity index (χ1n) is 12.2. The van der Waals surface area contributed by atoms with Crippen LogP contribution in [0.5, 0.6) is 0 Å². The molecule has 0 bridgehead atoms. The van der Waals surface area contributed by atoms with Crippen molar-refractivity contribution >= 4 is 22.7 Å². The van der Waals surface area contributed by atoms with Crippen LogP contribution in [0.4, 0.5) is 0 Å². The Labute approximate surface area is 203 Å². The van der Waals surface area contributed by atoms with Gasteiger partial charge in [-0.1, -0.05) is 36.4 Å². The van der Waals surface area contributed by atoms with Crippen molar-refractivity contribution in [2.24, 2.45) is 5.41 Å². The monoisotopic (exact) mass is 468 g/mol. The molecule has 6 rings (SSSR count). The molecule has 1 aliphatic heterocycles. The van der Waals surface area contributed by atoms with E-state index in [-0.39, 0.29) is 23.3 Å². The topological polar surface area (TPSA) is 107 Å². The number of likely N-dealkylation sites (tertiary alicyclic amines) is 1. The minimum absolute atomic E-state index is 0.00989. The van der Waals surface area contributed by atoms with Crippen LogP contribution in [-0.2, 0) is 11.2 Å². The van der Waals surface area contributed by atoms with Crippen molar-refractivity contribution in [1.29, 1.82) is 0 Å². The number of fused-ring (bicyclic) bond motifs is 1. The van der Waals surface area contributed by atoms with Crippen LogP contribution in [0.15, 0.2) is 60.8 Å². The largest absolute Gasteiger partial charge is 0.353 e. The molecule has 0 atom stereocenters. The number of carbonyl (C=O) groups excluding carboxylic acids is 2. The third-order valence-corrected chi connectivity index (χ3v) is 7.53. The number of aromatic amines is 2. The zero-order valence-electron chi connectivity index (χ0n) is 19.5. The van der Waals surface area contributed by atoms with Gasteiger partial charge in [0.2, 0.25) is 5.91 Å². The van der Waals surface area contributed by atoms with E-state index in [2.05, 4.69) is 37.8 Å². The van der Waals surface area contributed by atoms with Gasteiger partial charge in [-0.2, -0.15) is 10.2 Å². The first kappa shape index (κ1) is 21.6. The number of nitrogens with zero attached hydrogens (tertiary/aromatic N) is 3. The molecule has 3 heterocycles. The molecule has 0 radical (unpaired) electrons. The normalized spacial score (nSPS) is 17.4. The van der Waals surface area contributed by atoms with Gasteiger partial charge >= 0.3 is 0 Å². The summed E-state index contributed by atoms with van der Waals surface area (Å²) in [7, 11) is 0. The number of benzene rings is 2. The van der Waals surface area contributed by atoms with Crippen LogP contribution in [0, 0.1) is 5.41 Å². The maximum Gasteiger partial charge on any atom is 0.275 e. The van der Waals surface area contributed by atoms with Crippen molar-refractivity contribution in [1.82, 2.24) is 30.6 Å². The van der Waals surface area contributed by atoms with E-state index in [1.165, 1.54) is 0 Å². The van der Waals surface area contributed by atoms with E-state index in [4.69, 9.17) is 0 Å². The molecule has 0 unspecified atom stereocenters. The van der Waals surface area contributed by atoms with Crippen LogP contribution >= 0.6 is 0 Å². The molecular formula is C27H28N6O2. The van der Waals surface area contributed by atoms with E-state index < -0.39 is 0 Å². The second-order valence-corrected chi connectivity index (χ2v) is 9.96. The van der Waals surface area contributed by atoms with Gasteiger partial charge in [0.25, 0.3) is 5.91 Å². The highest BCUT2D eigenvalue weighted by Gasteiger charge is 2.47. The summed E-state index contributed by atoms with van der Waals surface area (Å²) in [5.74, 6) is 0.0192. The van der Waals surface area contributed by atoms with Crippen molar-refractivity contribution in [3.63, 3.8) is 0 Å². The highest BCUT2D eigenvalue weighted by Crippen LogP contribution is 2.44. The fraction of sp³-hybridized carbons (Fsp3) is 0.333. The Kier molecular flexibility index (Phi) is 5.36. The molecule has 35 heavy (non-hydrogen) atoms. The quantitative estimate of drug-likeness (QED) is 0.415. The van der Waals surface area contributed by atoms with Crippen LogP contribution in [0.2, 0.25) is 0 Å². The Morgan fingerprint density at radius 3 is 2.54 bits per heavy atom. The summed E-state index contributed by atoms with van der Waals surface area (Å²) < 4.78 is 0. The molecule has 1 aliphatic carbocycles. The Balaban J connectivity index is 1.05. The molecule has 1 saturated heterocycles. The van der Waals surface area contributed by atoms with Crippen molar-refractivity contribution in [3.05, 3.63) is 72.2 Å². The lowest BCUT2D eigenvalue weighted by Gasteiger charge is -2.53. The Hall–Kier alpha value is -3.94. The molecule has 2 amide bonds. The van der Waals surface area contributed by atoms with E-state index in [9.17, 15) is 9.59 Å². The highest BCUT2D eigenvalue weighted by molar-refractivity contribution is 6.05. The van der Waals surface area contributed by atoms with Gasteiger partial charge < -0.3 is 10.2 Å². The second kappa shape index (κ2) is 8.69.